The topological polar surface area (TPSA) is 134 Å². The molecule has 1 unspecified atom stereocenters. The molecular formula is C20H29N3O7. The Balaban J connectivity index is 2.72. The molecule has 1 atom stereocenters. The van der Waals surface area contributed by atoms with Crippen molar-refractivity contribution in [2.24, 2.45) is 0 Å². The van der Waals surface area contributed by atoms with Gasteiger partial charge in [0.25, 0.3) is 0 Å². The van der Waals surface area contributed by atoms with Crippen LogP contribution in [0.5, 0.6) is 0 Å². The van der Waals surface area contributed by atoms with Gasteiger partial charge in [-0.3, -0.25) is 4.79 Å². The number of ether oxygens (including phenoxy) is 2. The molecule has 0 bridgehead atoms. The summed E-state index contributed by atoms with van der Waals surface area (Å²) in [6.07, 6.45) is -0.319. The maximum absolute atomic E-state index is 12.6. The highest BCUT2D eigenvalue weighted by Gasteiger charge is 2.26. The maximum Gasteiger partial charge on any atom is 0.407 e. The lowest BCUT2D eigenvalue weighted by Crippen LogP contribution is -2.47. The maximum atomic E-state index is 12.6. The number of carbonyl (C=O) groups is 4. The number of urea groups is 1. The summed E-state index contributed by atoms with van der Waals surface area (Å²) in [5, 5.41) is 14.2. The number of hydrogen-bond donors (Lipinski definition) is 3. The van der Waals surface area contributed by atoms with E-state index in [0.29, 0.717) is 5.56 Å². The molecule has 0 saturated heterocycles. The van der Waals surface area contributed by atoms with Crippen LogP contribution in [-0.2, 0) is 19.1 Å². The zero-order chi connectivity index (χ0) is 22.7. The average molecular weight is 423 g/mol. The second-order valence-electron chi connectivity index (χ2n) is 7.41. The Morgan fingerprint density at radius 2 is 1.77 bits per heavy atom. The molecule has 0 heterocycles. The molecule has 0 radical (unpaired) electrons. The number of esters is 1. The Labute approximate surface area is 175 Å². The van der Waals surface area contributed by atoms with Crippen LogP contribution >= 0.6 is 0 Å². The molecule has 0 fully saturated rings. The van der Waals surface area contributed by atoms with Gasteiger partial charge in [0.15, 0.2) is 6.04 Å². The molecule has 1 aromatic rings. The number of nitrogens with one attached hydrogen (secondary N) is 2. The molecule has 0 spiro atoms. The van der Waals surface area contributed by atoms with Gasteiger partial charge in [0.1, 0.15) is 12.1 Å². The van der Waals surface area contributed by atoms with Crippen molar-refractivity contribution in [1.29, 1.82) is 0 Å². The smallest absolute Gasteiger partial charge is 0.407 e. The molecule has 30 heavy (non-hydrogen) atoms. The summed E-state index contributed by atoms with van der Waals surface area (Å²) in [5.74, 6) is -1.89. The molecule has 0 aromatic heterocycles. The van der Waals surface area contributed by atoms with Crippen molar-refractivity contribution in [3.8, 4) is 0 Å². The van der Waals surface area contributed by atoms with E-state index in [4.69, 9.17) is 14.6 Å². The fourth-order valence-electron chi connectivity index (χ4n) is 2.45. The zero-order valence-corrected chi connectivity index (χ0v) is 17.6. The number of hydrogen-bond acceptors (Lipinski definition) is 6. The highest BCUT2D eigenvalue weighted by atomic mass is 16.6. The molecular weight excluding hydrogens is 394 g/mol. The Morgan fingerprint density at radius 1 is 1.13 bits per heavy atom. The van der Waals surface area contributed by atoms with Crippen LogP contribution in [0.2, 0.25) is 0 Å². The summed E-state index contributed by atoms with van der Waals surface area (Å²) >= 11 is 0. The van der Waals surface area contributed by atoms with Gasteiger partial charge in [0, 0.05) is 13.1 Å². The number of carbonyl (C=O) groups excluding carboxylic acids is 3. The van der Waals surface area contributed by atoms with Gasteiger partial charge < -0.3 is 30.1 Å². The van der Waals surface area contributed by atoms with Crippen molar-refractivity contribution in [2.75, 3.05) is 26.7 Å². The number of methoxy groups -OCH3 is 1. The van der Waals surface area contributed by atoms with E-state index < -0.39 is 42.3 Å². The molecule has 10 heteroatoms. The predicted octanol–water partition coefficient (Wildman–Crippen LogP) is 1.91. The van der Waals surface area contributed by atoms with Gasteiger partial charge in [-0.15, -0.1) is 0 Å². The number of carboxylic acid groups (broad SMARTS) is 1. The van der Waals surface area contributed by atoms with Gasteiger partial charge in [-0.2, -0.15) is 0 Å². The molecule has 166 valence electrons. The van der Waals surface area contributed by atoms with Crippen molar-refractivity contribution in [3.05, 3.63) is 35.9 Å². The van der Waals surface area contributed by atoms with Crippen molar-refractivity contribution < 1.29 is 33.8 Å². The van der Waals surface area contributed by atoms with Crippen LogP contribution in [0.25, 0.3) is 0 Å². The minimum absolute atomic E-state index is 0.0383. The van der Waals surface area contributed by atoms with Gasteiger partial charge in [-0.1, -0.05) is 30.3 Å². The van der Waals surface area contributed by atoms with E-state index in [1.165, 1.54) is 7.11 Å². The molecule has 0 aliphatic carbocycles. The molecule has 1 aromatic carbocycles. The van der Waals surface area contributed by atoms with E-state index in [-0.39, 0.29) is 19.5 Å². The first kappa shape index (κ1) is 24.7. The average Bonchev–Trinajstić information content (AvgIpc) is 2.66. The van der Waals surface area contributed by atoms with Crippen LogP contribution in [-0.4, -0.2) is 66.4 Å². The van der Waals surface area contributed by atoms with Crippen LogP contribution in [0.4, 0.5) is 9.59 Å². The number of aliphatic carboxylic acids is 1. The van der Waals surface area contributed by atoms with Crippen LogP contribution in [0.15, 0.2) is 30.3 Å². The van der Waals surface area contributed by atoms with Crippen molar-refractivity contribution in [3.63, 3.8) is 0 Å². The standard InChI is InChI=1S/C20H29N3O7/c1-20(2,3)30-19(28)21-11-8-12-23(13-15(24)25)18(27)22-16(17(26)29-4)14-9-6-5-7-10-14/h5-7,9-10,16H,8,11-13H2,1-4H3,(H,21,28)(H,22,27)(H,24,25). The first-order chi connectivity index (χ1) is 14.0. The Morgan fingerprint density at radius 3 is 2.30 bits per heavy atom. The second kappa shape index (κ2) is 11.6. The van der Waals surface area contributed by atoms with Crippen molar-refractivity contribution in [1.82, 2.24) is 15.5 Å². The van der Waals surface area contributed by atoms with E-state index in [9.17, 15) is 19.2 Å². The molecule has 0 aliphatic rings. The molecule has 3 amide bonds. The highest BCUT2D eigenvalue weighted by Crippen LogP contribution is 2.15. The lowest BCUT2D eigenvalue weighted by Gasteiger charge is -2.25. The number of carboxylic acids is 1. The number of amides is 3. The van der Waals surface area contributed by atoms with Gasteiger partial charge in [-0.25, -0.2) is 14.4 Å². The van der Waals surface area contributed by atoms with Gasteiger partial charge in [0.2, 0.25) is 0 Å². The Hall–Kier alpha value is -3.30. The predicted molar refractivity (Wildman–Crippen MR) is 108 cm³/mol. The van der Waals surface area contributed by atoms with E-state index in [1.807, 2.05) is 0 Å². The lowest BCUT2D eigenvalue weighted by molar-refractivity contribution is -0.143. The summed E-state index contributed by atoms with van der Waals surface area (Å²) in [7, 11) is 1.20. The zero-order valence-electron chi connectivity index (χ0n) is 17.6. The minimum atomic E-state index is -1.21. The van der Waals surface area contributed by atoms with Crippen molar-refractivity contribution >= 4 is 24.1 Å². The van der Waals surface area contributed by atoms with Crippen LogP contribution in [0, 0.1) is 0 Å². The van der Waals surface area contributed by atoms with Crippen LogP contribution in [0.1, 0.15) is 38.8 Å². The molecule has 1 rings (SSSR count). The van der Waals surface area contributed by atoms with E-state index >= 15 is 0 Å². The quantitative estimate of drug-likeness (QED) is 0.408. The van der Waals surface area contributed by atoms with E-state index in [0.717, 1.165) is 4.90 Å². The monoisotopic (exact) mass is 423 g/mol. The summed E-state index contributed by atoms with van der Waals surface area (Å²) in [4.78, 5) is 48.6. The number of rotatable bonds is 9. The molecule has 0 aliphatic heterocycles. The molecule has 10 nitrogen and oxygen atoms in total. The largest absolute Gasteiger partial charge is 0.480 e. The van der Waals surface area contributed by atoms with E-state index in [2.05, 4.69) is 10.6 Å². The van der Waals surface area contributed by atoms with Gasteiger partial charge >= 0.3 is 24.1 Å². The highest BCUT2D eigenvalue weighted by molar-refractivity contribution is 5.86. The minimum Gasteiger partial charge on any atom is -0.480 e. The Bertz CT molecular complexity index is 732. The SMILES string of the molecule is COC(=O)C(NC(=O)N(CCCNC(=O)OC(C)(C)C)CC(=O)O)c1ccccc1. The van der Waals surface area contributed by atoms with Gasteiger partial charge in [0.05, 0.1) is 7.11 Å². The summed E-state index contributed by atoms with van der Waals surface area (Å²) in [6.45, 7) is 4.84. The number of alkyl carbamates (subject to hydrolysis) is 1. The van der Waals surface area contributed by atoms with Crippen molar-refractivity contribution in [2.45, 2.75) is 38.8 Å². The molecule has 0 saturated carbocycles. The third-order valence-corrected chi connectivity index (χ3v) is 3.72. The third kappa shape index (κ3) is 9.26. The third-order valence-electron chi connectivity index (χ3n) is 3.72. The summed E-state index contributed by atoms with van der Waals surface area (Å²) < 4.78 is 9.85. The lowest BCUT2D eigenvalue weighted by atomic mass is 10.1. The normalized spacial score (nSPS) is 11.7. The summed E-state index contributed by atoms with van der Waals surface area (Å²) in [6, 6.07) is 6.63. The second-order valence-corrected chi connectivity index (χ2v) is 7.41. The fourth-order valence-corrected chi connectivity index (χ4v) is 2.45. The first-order valence-electron chi connectivity index (χ1n) is 9.40. The fraction of sp³-hybridized carbons (Fsp3) is 0.500. The first-order valence-corrected chi connectivity index (χ1v) is 9.40. The van der Waals surface area contributed by atoms with Gasteiger partial charge in [-0.05, 0) is 32.8 Å². The number of nitrogens with zero attached hydrogens (tertiary/aromatic N) is 1. The number of benzene rings is 1. The van der Waals surface area contributed by atoms with Crippen LogP contribution in [0.3, 0.4) is 0 Å². The Kier molecular flexibility index (Phi) is 9.60. The summed E-state index contributed by atoms with van der Waals surface area (Å²) in [5.41, 5.74) is -0.140. The van der Waals surface area contributed by atoms with Crippen LogP contribution < -0.4 is 10.6 Å². The molecule has 3 N–H and O–H groups in total. The van der Waals surface area contributed by atoms with E-state index in [1.54, 1.807) is 51.1 Å².